The Morgan fingerprint density at radius 1 is 1.19 bits per heavy atom. The minimum atomic E-state index is 0.173. The Hall–Kier alpha value is -1.46. The molecule has 3 heterocycles. The monoisotopic (exact) mass is 371 g/mol. The van der Waals surface area contributed by atoms with Gasteiger partial charge in [-0.15, -0.1) is 11.3 Å². The van der Waals surface area contributed by atoms with E-state index < -0.39 is 0 Å². The van der Waals surface area contributed by atoms with Gasteiger partial charge in [0.1, 0.15) is 4.83 Å². The van der Waals surface area contributed by atoms with Gasteiger partial charge in [0.05, 0.1) is 4.88 Å². The lowest BCUT2D eigenvalue weighted by Crippen LogP contribution is -2.46. The molecular formula is C21H29N3OS. The van der Waals surface area contributed by atoms with E-state index in [1.54, 1.807) is 11.3 Å². The number of fused-ring (bicyclic) bond motifs is 2. The smallest absolute Gasteiger partial charge is 0.264 e. The van der Waals surface area contributed by atoms with Crippen LogP contribution in [0.4, 0.5) is 0 Å². The third kappa shape index (κ3) is 3.39. The van der Waals surface area contributed by atoms with E-state index >= 15 is 0 Å². The van der Waals surface area contributed by atoms with E-state index in [0.717, 1.165) is 54.1 Å². The van der Waals surface area contributed by atoms with Crippen molar-refractivity contribution in [2.45, 2.75) is 40.0 Å². The predicted molar refractivity (Wildman–Crippen MR) is 108 cm³/mol. The Morgan fingerprint density at radius 2 is 1.92 bits per heavy atom. The average molecular weight is 372 g/mol. The Bertz CT molecular complexity index is 828. The van der Waals surface area contributed by atoms with Crippen LogP contribution in [0.25, 0.3) is 10.2 Å². The molecule has 2 aromatic heterocycles. The molecule has 1 unspecified atom stereocenters. The van der Waals surface area contributed by atoms with E-state index in [4.69, 9.17) is 4.98 Å². The Morgan fingerprint density at radius 3 is 2.62 bits per heavy atom. The highest BCUT2D eigenvalue weighted by Gasteiger charge is 2.30. The SMILES string of the molecule is CN1CCN(C(=O)c2cc3cc4c(nc3s2)CCC(C(C)(C)C)C4)CC1. The van der Waals surface area contributed by atoms with E-state index in [-0.39, 0.29) is 5.91 Å². The number of thiophene rings is 1. The van der Waals surface area contributed by atoms with E-state index in [1.165, 1.54) is 17.7 Å². The number of hydrogen-bond acceptors (Lipinski definition) is 4. The number of amides is 1. The van der Waals surface area contributed by atoms with Gasteiger partial charge in [-0.1, -0.05) is 20.8 Å². The molecule has 1 aliphatic carbocycles. The maximum Gasteiger partial charge on any atom is 0.264 e. The average Bonchev–Trinajstić information content (AvgIpc) is 3.01. The number of likely N-dealkylation sites (N-methyl/N-ethyl adjacent to an activating group) is 1. The first-order valence-corrected chi connectivity index (χ1v) is 10.5. The largest absolute Gasteiger partial charge is 0.335 e. The van der Waals surface area contributed by atoms with Crippen LogP contribution in [0, 0.1) is 11.3 Å². The zero-order valence-corrected chi connectivity index (χ0v) is 17.2. The van der Waals surface area contributed by atoms with Gasteiger partial charge in [0.15, 0.2) is 0 Å². The highest BCUT2D eigenvalue weighted by Crippen LogP contribution is 2.38. The van der Waals surface area contributed by atoms with Crippen molar-refractivity contribution in [1.29, 1.82) is 0 Å². The highest BCUT2D eigenvalue weighted by atomic mass is 32.1. The summed E-state index contributed by atoms with van der Waals surface area (Å²) in [5.41, 5.74) is 2.97. The third-order valence-electron chi connectivity index (χ3n) is 6.10. The van der Waals surface area contributed by atoms with Crippen LogP contribution in [-0.4, -0.2) is 53.9 Å². The van der Waals surface area contributed by atoms with E-state index in [9.17, 15) is 4.79 Å². The molecule has 4 nitrogen and oxygen atoms in total. The van der Waals surface area contributed by atoms with Gasteiger partial charge in [-0.2, -0.15) is 0 Å². The summed E-state index contributed by atoms with van der Waals surface area (Å²) in [7, 11) is 2.11. The summed E-state index contributed by atoms with van der Waals surface area (Å²) in [6.07, 6.45) is 3.39. The standard InChI is InChI=1S/C21H29N3OS/c1-21(2,3)16-5-6-17-14(12-16)11-15-13-18(26-19(15)22-17)20(25)24-9-7-23(4)8-10-24/h11,13,16H,5-10,12H2,1-4H3. The molecule has 0 N–H and O–H groups in total. The van der Waals surface area contributed by atoms with Gasteiger partial charge < -0.3 is 9.80 Å². The zero-order valence-electron chi connectivity index (χ0n) is 16.3. The Kier molecular flexibility index (Phi) is 4.56. The first-order valence-electron chi connectivity index (χ1n) is 9.71. The Balaban J connectivity index is 1.59. The summed E-state index contributed by atoms with van der Waals surface area (Å²) in [5, 5.41) is 1.14. The fourth-order valence-electron chi connectivity index (χ4n) is 4.13. The topological polar surface area (TPSA) is 36.4 Å². The van der Waals surface area contributed by atoms with Gasteiger partial charge in [-0.3, -0.25) is 4.79 Å². The summed E-state index contributed by atoms with van der Waals surface area (Å²) >= 11 is 1.56. The second-order valence-electron chi connectivity index (χ2n) is 9.00. The van der Waals surface area contributed by atoms with Crippen LogP contribution in [0.15, 0.2) is 12.1 Å². The molecular weight excluding hydrogens is 342 g/mol. The van der Waals surface area contributed by atoms with Crippen LogP contribution in [0.3, 0.4) is 0 Å². The summed E-state index contributed by atoms with van der Waals surface area (Å²) in [6.45, 7) is 10.6. The molecule has 2 aliphatic rings. The predicted octanol–water partition coefficient (Wildman–Crippen LogP) is 3.83. The molecule has 0 radical (unpaired) electrons. The van der Waals surface area contributed by atoms with Crippen molar-refractivity contribution >= 4 is 27.5 Å². The quantitative estimate of drug-likeness (QED) is 0.764. The lowest BCUT2D eigenvalue weighted by Gasteiger charge is -2.34. The molecule has 5 heteroatoms. The molecule has 1 atom stereocenters. The first-order chi connectivity index (χ1) is 12.3. The molecule has 1 fully saturated rings. The second-order valence-corrected chi connectivity index (χ2v) is 10.0. The normalized spacial score (nSPS) is 21.8. The van der Waals surface area contributed by atoms with Crippen molar-refractivity contribution in [1.82, 2.24) is 14.8 Å². The first kappa shape index (κ1) is 17.9. The summed E-state index contributed by atoms with van der Waals surface area (Å²) < 4.78 is 0. The lowest BCUT2D eigenvalue weighted by molar-refractivity contribution is 0.0669. The number of carbonyl (C=O) groups is 1. The molecule has 26 heavy (non-hydrogen) atoms. The molecule has 0 saturated carbocycles. The Labute approximate surface area is 160 Å². The maximum atomic E-state index is 12.9. The molecule has 0 aromatic carbocycles. The lowest BCUT2D eigenvalue weighted by atomic mass is 9.71. The van der Waals surface area contributed by atoms with Crippen molar-refractivity contribution in [2.24, 2.45) is 11.3 Å². The molecule has 140 valence electrons. The van der Waals surface area contributed by atoms with E-state index in [1.807, 2.05) is 4.90 Å². The van der Waals surface area contributed by atoms with Crippen molar-refractivity contribution in [3.8, 4) is 0 Å². The van der Waals surface area contributed by atoms with Crippen molar-refractivity contribution in [3.05, 3.63) is 28.3 Å². The highest BCUT2D eigenvalue weighted by molar-refractivity contribution is 7.20. The van der Waals surface area contributed by atoms with Gasteiger partial charge in [0.2, 0.25) is 0 Å². The van der Waals surface area contributed by atoms with Gasteiger partial charge >= 0.3 is 0 Å². The van der Waals surface area contributed by atoms with Crippen LogP contribution in [0.2, 0.25) is 0 Å². The van der Waals surface area contributed by atoms with Crippen LogP contribution in [0.1, 0.15) is 48.1 Å². The second kappa shape index (κ2) is 6.61. The van der Waals surface area contributed by atoms with Crippen LogP contribution < -0.4 is 0 Å². The molecule has 2 aromatic rings. The number of nitrogens with zero attached hydrogens (tertiary/aromatic N) is 3. The minimum Gasteiger partial charge on any atom is -0.335 e. The summed E-state index contributed by atoms with van der Waals surface area (Å²) in [5.74, 6) is 0.881. The molecule has 0 spiro atoms. The molecule has 1 aliphatic heterocycles. The van der Waals surface area contributed by atoms with Crippen molar-refractivity contribution < 1.29 is 4.79 Å². The van der Waals surface area contributed by atoms with Crippen LogP contribution >= 0.6 is 11.3 Å². The number of rotatable bonds is 1. The van der Waals surface area contributed by atoms with E-state index in [0.29, 0.717) is 11.3 Å². The van der Waals surface area contributed by atoms with Gasteiger partial charge in [0, 0.05) is 37.3 Å². The number of aromatic nitrogens is 1. The maximum absolute atomic E-state index is 12.9. The number of aryl methyl sites for hydroxylation is 1. The number of pyridine rings is 1. The number of piperazine rings is 1. The number of carbonyl (C=O) groups excluding carboxylic acids is 1. The van der Waals surface area contributed by atoms with Gasteiger partial charge in [-0.25, -0.2) is 4.98 Å². The van der Waals surface area contributed by atoms with Crippen molar-refractivity contribution in [3.63, 3.8) is 0 Å². The fraction of sp³-hybridized carbons (Fsp3) is 0.619. The third-order valence-corrected chi connectivity index (χ3v) is 7.13. The summed E-state index contributed by atoms with van der Waals surface area (Å²) in [4.78, 5) is 23.9. The minimum absolute atomic E-state index is 0.173. The molecule has 4 rings (SSSR count). The summed E-state index contributed by atoms with van der Waals surface area (Å²) in [6, 6.07) is 4.36. The van der Waals surface area contributed by atoms with Crippen molar-refractivity contribution in [2.75, 3.05) is 33.2 Å². The van der Waals surface area contributed by atoms with Crippen LogP contribution in [-0.2, 0) is 12.8 Å². The molecule has 1 amide bonds. The molecule has 1 saturated heterocycles. The fourth-order valence-corrected chi connectivity index (χ4v) is 5.14. The number of hydrogen-bond donors (Lipinski definition) is 0. The van der Waals surface area contributed by atoms with Gasteiger partial charge in [-0.05, 0) is 55.3 Å². The van der Waals surface area contributed by atoms with Gasteiger partial charge in [0.25, 0.3) is 5.91 Å². The zero-order chi connectivity index (χ0) is 18.5. The molecule has 0 bridgehead atoms. The van der Waals surface area contributed by atoms with Crippen LogP contribution in [0.5, 0.6) is 0 Å². The van der Waals surface area contributed by atoms with E-state index in [2.05, 4.69) is 44.9 Å².